The van der Waals surface area contributed by atoms with Gasteiger partial charge in [0.05, 0.1) is 5.56 Å². The molecule has 7 heteroatoms. The van der Waals surface area contributed by atoms with Crippen LogP contribution in [0.5, 0.6) is 5.75 Å². The number of esters is 1. The maximum atomic E-state index is 11.9. The van der Waals surface area contributed by atoms with Gasteiger partial charge in [-0.25, -0.2) is 4.79 Å². The molecule has 1 heterocycles. The number of rotatable bonds is 4. The zero-order chi connectivity index (χ0) is 16.2. The van der Waals surface area contributed by atoms with Gasteiger partial charge in [0.2, 0.25) is 5.89 Å². The van der Waals surface area contributed by atoms with Gasteiger partial charge in [-0.15, -0.1) is 10.2 Å². The fourth-order valence-corrected chi connectivity index (χ4v) is 2.36. The Morgan fingerprint density at radius 3 is 2.65 bits per heavy atom. The lowest BCUT2D eigenvalue weighted by Crippen LogP contribution is -2.05. The molecular formula is C16H11BrN2O4. The minimum atomic E-state index is -0.663. The van der Waals surface area contributed by atoms with E-state index in [4.69, 9.17) is 9.15 Å². The Morgan fingerprint density at radius 1 is 1.13 bits per heavy atom. The van der Waals surface area contributed by atoms with E-state index in [9.17, 15) is 9.90 Å². The lowest BCUT2D eigenvalue weighted by Gasteiger charge is -2.03. The fraction of sp³-hybridized carbons (Fsp3) is 0.0625. The largest absolute Gasteiger partial charge is 0.507 e. The second-order valence-corrected chi connectivity index (χ2v) is 5.43. The minimum Gasteiger partial charge on any atom is -0.507 e. The Morgan fingerprint density at radius 2 is 1.87 bits per heavy atom. The molecule has 0 amide bonds. The summed E-state index contributed by atoms with van der Waals surface area (Å²) in [6.45, 7) is -0.176. The van der Waals surface area contributed by atoms with Crippen molar-refractivity contribution in [3.05, 3.63) is 64.5 Å². The third kappa shape index (κ3) is 3.40. The van der Waals surface area contributed by atoms with Crippen LogP contribution in [-0.4, -0.2) is 21.3 Å². The zero-order valence-corrected chi connectivity index (χ0v) is 13.4. The first-order chi connectivity index (χ1) is 11.1. The molecule has 6 nitrogen and oxygen atoms in total. The van der Waals surface area contributed by atoms with Crippen molar-refractivity contribution in [1.29, 1.82) is 0 Å². The number of halogens is 1. The van der Waals surface area contributed by atoms with E-state index in [2.05, 4.69) is 26.1 Å². The third-order valence-electron chi connectivity index (χ3n) is 3.02. The Bertz CT molecular complexity index is 847. The number of phenols is 1. The summed E-state index contributed by atoms with van der Waals surface area (Å²) >= 11 is 3.40. The number of carbonyl (C=O) groups is 1. The van der Waals surface area contributed by atoms with Crippen molar-refractivity contribution in [2.75, 3.05) is 0 Å². The fourth-order valence-electron chi connectivity index (χ4n) is 1.91. The maximum absolute atomic E-state index is 11.9. The number of para-hydroxylation sites is 1. The molecule has 3 rings (SSSR count). The topological polar surface area (TPSA) is 85.5 Å². The van der Waals surface area contributed by atoms with Crippen molar-refractivity contribution < 1.29 is 19.1 Å². The van der Waals surface area contributed by atoms with E-state index in [1.165, 1.54) is 12.1 Å². The van der Waals surface area contributed by atoms with Crippen molar-refractivity contribution in [2.45, 2.75) is 6.61 Å². The molecule has 0 unspecified atom stereocenters. The van der Waals surface area contributed by atoms with Crippen LogP contribution in [0.1, 0.15) is 16.2 Å². The Kier molecular flexibility index (Phi) is 4.38. The summed E-state index contributed by atoms with van der Waals surface area (Å²) < 4.78 is 11.4. The maximum Gasteiger partial charge on any atom is 0.342 e. The summed E-state index contributed by atoms with van der Waals surface area (Å²) in [5.41, 5.74) is 0.830. The Hall–Kier alpha value is -2.67. The molecule has 1 N–H and O–H groups in total. The van der Waals surface area contributed by atoms with Crippen molar-refractivity contribution in [1.82, 2.24) is 10.2 Å². The molecule has 116 valence electrons. The van der Waals surface area contributed by atoms with Gasteiger partial charge in [-0.3, -0.25) is 0 Å². The first-order valence-electron chi connectivity index (χ1n) is 6.67. The monoisotopic (exact) mass is 374 g/mol. The second-order valence-electron chi connectivity index (χ2n) is 4.57. The highest BCUT2D eigenvalue weighted by Gasteiger charge is 2.15. The first kappa shape index (κ1) is 15.2. The predicted molar refractivity (Wildman–Crippen MR) is 84.7 cm³/mol. The standard InChI is InChI=1S/C16H11BrN2O4/c17-12-7-3-1-5-10(12)15-19-18-14(23-15)9-22-16(21)11-6-2-4-8-13(11)20/h1-8,20H,9H2. The highest BCUT2D eigenvalue weighted by Crippen LogP contribution is 2.26. The van der Waals surface area contributed by atoms with Crippen LogP contribution >= 0.6 is 15.9 Å². The molecule has 0 aliphatic heterocycles. The second kappa shape index (κ2) is 6.62. The number of phenolic OH excluding ortho intramolecular Hbond substituents is 1. The molecule has 2 aromatic carbocycles. The molecule has 0 spiro atoms. The van der Waals surface area contributed by atoms with Crippen LogP contribution in [0.25, 0.3) is 11.5 Å². The molecule has 0 aliphatic carbocycles. The van der Waals surface area contributed by atoms with Gasteiger partial charge >= 0.3 is 5.97 Å². The van der Waals surface area contributed by atoms with Gasteiger partial charge in [0.1, 0.15) is 11.3 Å². The van der Waals surface area contributed by atoms with Crippen LogP contribution in [0.3, 0.4) is 0 Å². The van der Waals surface area contributed by atoms with Gasteiger partial charge in [-0.2, -0.15) is 0 Å². The highest BCUT2D eigenvalue weighted by molar-refractivity contribution is 9.10. The summed E-state index contributed by atoms with van der Waals surface area (Å²) in [5.74, 6) is -0.314. The van der Waals surface area contributed by atoms with Crippen LogP contribution < -0.4 is 0 Å². The van der Waals surface area contributed by atoms with Crippen LogP contribution in [-0.2, 0) is 11.3 Å². The number of benzene rings is 2. The number of aromatic hydroxyl groups is 1. The SMILES string of the molecule is O=C(OCc1nnc(-c2ccccc2Br)o1)c1ccccc1O. The molecule has 0 saturated heterocycles. The van der Waals surface area contributed by atoms with Crippen molar-refractivity contribution in [3.63, 3.8) is 0 Å². The molecular weight excluding hydrogens is 364 g/mol. The average Bonchev–Trinajstić information content (AvgIpc) is 3.02. The lowest BCUT2D eigenvalue weighted by atomic mass is 10.2. The molecule has 1 aromatic heterocycles. The van der Waals surface area contributed by atoms with E-state index >= 15 is 0 Å². The molecule has 23 heavy (non-hydrogen) atoms. The molecule has 0 radical (unpaired) electrons. The minimum absolute atomic E-state index is 0.0815. The highest BCUT2D eigenvalue weighted by atomic mass is 79.9. The number of hydrogen-bond acceptors (Lipinski definition) is 6. The van der Waals surface area contributed by atoms with Crippen molar-refractivity contribution >= 4 is 21.9 Å². The van der Waals surface area contributed by atoms with Crippen LogP contribution in [0.2, 0.25) is 0 Å². The van der Waals surface area contributed by atoms with Crippen LogP contribution in [0.15, 0.2) is 57.4 Å². The van der Waals surface area contributed by atoms with E-state index in [1.54, 1.807) is 12.1 Å². The summed E-state index contributed by atoms with van der Waals surface area (Å²) in [6.07, 6.45) is 0. The molecule has 3 aromatic rings. The summed E-state index contributed by atoms with van der Waals surface area (Å²) in [7, 11) is 0. The number of ether oxygens (including phenoxy) is 1. The number of nitrogens with zero attached hydrogens (tertiary/aromatic N) is 2. The van der Waals surface area contributed by atoms with Gasteiger partial charge in [0, 0.05) is 4.47 Å². The van der Waals surface area contributed by atoms with Crippen molar-refractivity contribution in [3.8, 4) is 17.2 Å². The zero-order valence-electron chi connectivity index (χ0n) is 11.8. The van der Waals surface area contributed by atoms with Crippen LogP contribution in [0.4, 0.5) is 0 Å². The number of aromatic nitrogens is 2. The molecule has 0 aliphatic rings. The average molecular weight is 375 g/mol. The van der Waals surface area contributed by atoms with Gasteiger partial charge in [-0.05, 0) is 40.2 Å². The molecule has 0 fully saturated rings. The lowest BCUT2D eigenvalue weighted by molar-refractivity contribution is 0.0435. The van der Waals surface area contributed by atoms with Crippen molar-refractivity contribution in [2.24, 2.45) is 0 Å². The summed E-state index contributed by atoms with van der Waals surface area (Å²) in [5, 5.41) is 17.4. The third-order valence-corrected chi connectivity index (χ3v) is 3.71. The molecule has 0 bridgehead atoms. The quantitative estimate of drug-likeness (QED) is 0.702. The van der Waals surface area contributed by atoms with Crippen LogP contribution in [0, 0.1) is 0 Å². The number of carbonyl (C=O) groups excluding carboxylic acids is 1. The Balaban J connectivity index is 1.70. The van der Waals surface area contributed by atoms with Gasteiger partial charge in [0.25, 0.3) is 5.89 Å². The van der Waals surface area contributed by atoms with Gasteiger partial charge < -0.3 is 14.3 Å². The van der Waals surface area contributed by atoms with E-state index in [1.807, 2.05) is 24.3 Å². The summed E-state index contributed by atoms with van der Waals surface area (Å²) in [6, 6.07) is 13.5. The first-order valence-corrected chi connectivity index (χ1v) is 7.47. The van der Waals surface area contributed by atoms with E-state index in [-0.39, 0.29) is 23.8 Å². The summed E-state index contributed by atoms with van der Waals surface area (Å²) in [4.78, 5) is 11.9. The van der Waals surface area contributed by atoms with Gasteiger partial charge in [-0.1, -0.05) is 24.3 Å². The van der Waals surface area contributed by atoms with E-state index < -0.39 is 5.97 Å². The van der Waals surface area contributed by atoms with E-state index in [0.717, 1.165) is 10.0 Å². The normalized spacial score (nSPS) is 10.5. The number of hydrogen-bond donors (Lipinski definition) is 1. The molecule has 0 atom stereocenters. The van der Waals surface area contributed by atoms with E-state index in [0.29, 0.717) is 5.89 Å². The predicted octanol–water partition coefficient (Wildman–Crippen LogP) is 3.56. The Labute approximate surface area is 139 Å². The molecule has 0 saturated carbocycles. The van der Waals surface area contributed by atoms with Gasteiger partial charge in [0.15, 0.2) is 6.61 Å². The smallest absolute Gasteiger partial charge is 0.342 e.